The Morgan fingerprint density at radius 1 is 0.857 bits per heavy atom. The molecule has 0 unspecified atom stereocenters. The Kier molecular flexibility index (Phi) is 4.10. The summed E-state index contributed by atoms with van der Waals surface area (Å²) in [5.41, 5.74) is 3.99. The largest absolute Gasteiger partial charge is 0.340 e. The summed E-state index contributed by atoms with van der Waals surface area (Å²) >= 11 is 0. The minimum Gasteiger partial charge on any atom is -0.340 e. The number of nitrogens with zero attached hydrogens (tertiary/aromatic N) is 1. The molecule has 0 radical (unpaired) electrons. The van der Waals surface area contributed by atoms with Crippen LogP contribution in [0.15, 0.2) is 60.7 Å². The average molecular weight is 277 g/mol. The number of rotatable bonds is 5. The summed E-state index contributed by atoms with van der Waals surface area (Å²) < 4.78 is 2.50. The third kappa shape index (κ3) is 2.73. The first kappa shape index (κ1) is 13.9. The lowest BCUT2D eigenvalue weighted by Gasteiger charge is -2.17. The van der Waals surface area contributed by atoms with Gasteiger partial charge in [0, 0.05) is 23.1 Å². The fourth-order valence-corrected chi connectivity index (χ4v) is 3.06. The molecular formula is C20H23N. The van der Waals surface area contributed by atoms with Gasteiger partial charge in [0.2, 0.25) is 0 Å². The van der Waals surface area contributed by atoms with Crippen LogP contribution in [0.4, 0.5) is 0 Å². The van der Waals surface area contributed by atoms with Crippen LogP contribution in [0.5, 0.6) is 0 Å². The van der Waals surface area contributed by atoms with Gasteiger partial charge in [-0.05, 0) is 23.6 Å². The van der Waals surface area contributed by atoms with E-state index < -0.39 is 0 Å². The summed E-state index contributed by atoms with van der Waals surface area (Å²) in [6.45, 7) is 5.69. The van der Waals surface area contributed by atoms with E-state index >= 15 is 0 Å². The predicted molar refractivity (Wildman–Crippen MR) is 91.4 cm³/mol. The molecule has 3 aromatic rings. The Morgan fingerprint density at radius 3 is 2.24 bits per heavy atom. The van der Waals surface area contributed by atoms with Gasteiger partial charge < -0.3 is 4.57 Å². The second-order valence-electron chi connectivity index (χ2n) is 5.75. The number of hydrogen-bond donors (Lipinski definition) is 0. The van der Waals surface area contributed by atoms with Crippen molar-refractivity contribution in [1.82, 2.24) is 4.57 Å². The van der Waals surface area contributed by atoms with Crippen molar-refractivity contribution in [1.29, 1.82) is 0 Å². The molecule has 0 bridgehead atoms. The molecule has 0 N–H and O–H groups in total. The highest BCUT2D eigenvalue weighted by molar-refractivity contribution is 5.87. The molecule has 1 heterocycles. The van der Waals surface area contributed by atoms with Crippen molar-refractivity contribution < 1.29 is 0 Å². The Labute approximate surface area is 127 Å². The van der Waals surface area contributed by atoms with Crippen molar-refractivity contribution in [3.05, 3.63) is 60.7 Å². The number of benzene rings is 2. The summed E-state index contributed by atoms with van der Waals surface area (Å²) in [7, 11) is 0. The lowest BCUT2D eigenvalue weighted by atomic mass is 10.0. The summed E-state index contributed by atoms with van der Waals surface area (Å²) in [6.07, 6.45) is 2.47. The zero-order chi connectivity index (χ0) is 14.7. The van der Waals surface area contributed by atoms with Gasteiger partial charge >= 0.3 is 0 Å². The molecule has 21 heavy (non-hydrogen) atoms. The van der Waals surface area contributed by atoms with Crippen LogP contribution >= 0.6 is 0 Å². The summed E-state index contributed by atoms with van der Waals surface area (Å²) in [4.78, 5) is 0. The van der Waals surface area contributed by atoms with Gasteiger partial charge in [0.15, 0.2) is 0 Å². The van der Waals surface area contributed by atoms with Crippen LogP contribution in [0.2, 0.25) is 0 Å². The zero-order valence-electron chi connectivity index (χ0n) is 12.9. The molecule has 1 heteroatoms. The smallest absolute Gasteiger partial charge is 0.0491 e. The first-order valence-electron chi connectivity index (χ1n) is 7.97. The normalized spacial score (nSPS) is 11.4. The van der Waals surface area contributed by atoms with E-state index in [0.717, 1.165) is 12.5 Å². The number of hydrogen-bond acceptors (Lipinski definition) is 0. The van der Waals surface area contributed by atoms with E-state index in [9.17, 15) is 0 Å². The van der Waals surface area contributed by atoms with Crippen molar-refractivity contribution in [2.75, 3.05) is 0 Å². The van der Waals surface area contributed by atoms with Crippen LogP contribution < -0.4 is 0 Å². The molecule has 0 aliphatic rings. The highest BCUT2D eigenvalue weighted by Gasteiger charge is 2.13. The maximum atomic E-state index is 2.50. The molecule has 0 saturated heterocycles. The van der Waals surface area contributed by atoms with Crippen molar-refractivity contribution >= 4 is 10.9 Å². The number of aromatic nitrogens is 1. The summed E-state index contributed by atoms with van der Waals surface area (Å²) in [5, 5.41) is 1.34. The predicted octanol–water partition coefficient (Wildman–Crippen LogP) is 5.74. The van der Waals surface area contributed by atoms with Gasteiger partial charge in [0.05, 0.1) is 0 Å². The highest BCUT2D eigenvalue weighted by Crippen LogP contribution is 2.29. The van der Waals surface area contributed by atoms with Gasteiger partial charge in [-0.1, -0.05) is 75.2 Å². The lowest BCUT2D eigenvalue weighted by molar-refractivity contribution is 0.427. The van der Waals surface area contributed by atoms with Gasteiger partial charge in [0.25, 0.3) is 0 Å². The maximum Gasteiger partial charge on any atom is 0.0491 e. The molecule has 2 aromatic carbocycles. The highest BCUT2D eigenvalue weighted by atomic mass is 15.0. The van der Waals surface area contributed by atoms with Crippen LogP contribution in [-0.4, -0.2) is 4.57 Å². The van der Waals surface area contributed by atoms with Crippen LogP contribution in [0, 0.1) is 5.92 Å². The third-order valence-electron chi connectivity index (χ3n) is 4.48. The maximum absolute atomic E-state index is 2.50. The minimum absolute atomic E-state index is 0.739. The monoisotopic (exact) mass is 277 g/mol. The second kappa shape index (κ2) is 6.17. The van der Waals surface area contributed by atoms with Crippen LogP contribution in [0.25, 0.3) is 22.2 Å². The fraction of sp³-hybridized carbons (Fsp3) is 0.300. The summed E-state index contributed by atoms with van der Waals surface area (Å²) in [6, 6.07) is 21.8. The van der Waals surface area contributed by atoms with Crippen LogP contribution in [-0.2, 0) is 6.54 Å². The number of fused-ring (bicyclic) bond motifs is 1. The van der Waals surface area contributed by atoms with Crippen molar-refractivity contribution in [2.45, 2.75) is 33.2 Å². The fourth-order valence-electron chi connectivity index (χ4n) is 3.06. The van der Waals surface area contributed by atoms with Gasteiger partial charge in [-0.25, -0.2) is 0 Å². The minimum atomic E-state index is 0.739. The standard InChI is InChI=1S/C20H23N/c1-3-16(4-2)15-21-19-13-9-8-12-18(19)14-20(21)17-10-6-5-7-11-17/h5-14,16H,3-4,15H2,1-2H3. The van der Waals surface area contributed by atoms with E-state index in [0.29, 0.717) is 0 Å². The van der Waals surface area contributed by atoms with E-state index in [4.69, 9.17) is 0 Å². The topological polar surface area (TPSA) is 4.93 Å². The first-order valence-corrected chi connectivity index (χ1v) is 7.97. The van der Waals surface area contributed by atoms with Crippen molar-refractivity contribution in [3.8, 4) is 11.3 Å². The first-order chi connectivity index (χ1) is 10.3. The quantitative estimate of drug-likeness (QED) is 0.560. The molecule has 108 valence electrons. The van der Waals surface area contributed by atoms with E-state index in [2.05, 4.69) is 79.1 Å². The van der Waals surface area contributed by atoms with E-state index in [1.807, 2.05) is 0 Å². The Morgan fingerprint density at radius 2 is 1.52 bits per heavy atom. The van der Waals surface area contributed by atoms with E-state index in [1.54, 1.807) is 0 Å². The second-order valence-corrected chi connectivity index (χ2v) is 5.75. The SMILES string of the molecule is CCC(CC)Cn1c(-c2ccccc2)cc2ccccc21. The Hall–Kier alpha value is -2.02. The molecule has 3 rings (SSSR count). The molecule has 0 saturated carbocycles. The zero-order valence-corrected chi connectivity index (χ0v) is 12.9. The third-order valence-corrected chi connectivity index (χ3v) is 4.48. The van der Waals surface area contributed by atoms with E-state index in [-0.39, 0.29) is 0 Å². The molecular weight excluding hydrogens is 254 g/mol. The van der Waals surface area contributed by atoms with Gasteiger partial charge in [0.1, 0.15) is 0 Å². The molecule has 1 nitrogen and oxygen atoms in total. The average Bonchev–Trinajstić information content (AvgIpc) is 2.92. The molecule has 0 aliphatic heterocycles. The van der Waals surface area contributed by atoms with Crippen LogP contribution in [0.3, 0.4) is 0 Å². The molecule has 0 atom stereocenters. The van der Waals surface area contributed by atoms with Gasteiger partial charge in [-0.3, -0.25) is 0 Å². The molecule has 0 spiro atoms. The van der Waals surface area contributed by atoms with E-state index in [1.165, 1.54) is 35.0 Å². The molecule has 0 aliphatic carbocycles. The lowest BCUT2D eigenvalue weighted by Crippen LogP contribution is -2.10. The Balaban J connectivity index is 2.14. The van der Waals surface area contributed by atoms with Gasteiger partial charge in [-0.2, -0.15) is 0 Å². The summed E-state index contributed by atoms with van der Waals surface area (Å²) in [5.74, 6) is 0.739. The number of para-hydroxylation sites is 1. The van der Waals surface area contributed by atoms with Crippen LogP contribution in [0.1, 0.15) is 26.7 Å². The molecule has 1 aromatic heterocycles. The molecule has 0 amide bonds. The Bertz CT molecular complexity index is 705. The van der Waals surface area contributed by atoms with Crippen molar-refractivity contribution in [3.63, 3.8) is 0 Å². The van der Waals surface area contributed by atoms with Crippen molar-refractivity contribution in [2.24, 2.45) is 5.92 Å². The van der Waals surface area contributed by atoms with Gasteiger partial charge in [-0.15, -0.1) is 0 Å². The molecule has 0 fully saturated rings.